The van der Waals surface area contributed by atoms with Gasteiger partial charge in [0.25, 0.3) is 0 Å². The van der Waals surface area contributed by atoms with E-state index in [1.54, 1.807) is 18.6 Å². The molecule has 0 unspecified atom stereocenters. The van der Waals surface area contributed by atoms with Crippen molar-refractivity contribution in [1.82, 2.24) is 19.9 Å². The Morgan fingerprint density at radius 3 is 2.67 bits per heavy atom. The zero-order valence-electron chi connectivity index (χ0n) is 10.8. The van der Waals surface area contributed by atoms with E-state index >= 15 is 0 Å². The Morgan fingerprint density at radius 2 is 2.00 bits per heavy atom. The minimum absolute atomic E-state index is 0.594. The van der Waals surface area contributed by atoms with Crippen molar-refractivity contribution >= 4 is 11.8 Å². The van der Waals surface area contributed by atoms with Crippen molar-refractivity contribution in [2.24, 2.45) is 0 Å². The largest absolute Gasteiger partial charge is 0.364 e. The van der Waals surface area contributed by atoms with Gasteiger partial charge in [0.05, 0.1) is 24.1 Å². The molecule has 0 radical (unpaired) electrons. The topological polar surface area (TPSA) is 66.8 Å². The maximum atomic E-state index is 4.36. The highest BCUT2D eigenvalue weighted by molar-refractivity contribution is 5.40. The van der Waals surface area contributed by atoms with Crippen molar-refractivity contribution in [2.45, 2.75) is 13.5 Å². The summed E-state index contributed by atoms with van der Waals surface area (Å²) < 4.78 is 0. The summed E-state index contributed by atoms with van der Waals surface area (Å²) in [6, 6.07) is 1.83. The molecule has 0 fully saturated rings. The number of anilines is 2. The summed E-state index contributed by atoms with van der Waals surface area (Å²) in [4.78, 5) is 18.8. The Balaban J connectivity index is 2.01. The van der Waals surface area contributed by atoms with Gasteiger partial charge >= 0.3 is 0 Å². The highest BCUT2D eigenvalue weighted by Gasteiger charge is 2.01. The summed E-state index contributed by atoms with van der Waals surface area (Å²) in [5.41, 5.74) is 1.79. The zero-order chi connectivity index (χ0) is 13.0. The van der Waals surface area contributed by atoms with Gasteiger partial charge in [0.1, 0.15) is 5.82 Å². The Bertz CT molecular complexity index is 508. The molecule has 0 saturated heterocycles. The van der Waals surface area contributed by atoms with Gasteiger partial charge in [-0.3, -0.25) is 9.97 Å². The van der Waals surface area contributed by atoms with Gasteiger partial charge in [-0.15, -0.1) is 0 Å². The van der Waals surface area contributed by atoms with E-state index in [1.165, 1.54) is 0 Å². The first kappa shape index (κ1) is 12.2. The third-order valence-corrected chi connectivity index (χ3v) is 2.33. The molecule has 2 aromatic rings. The molecular weight excluding hydrogens is 228 g/mol. The van der Waals surface area contributed by atoms with Crippen molar-refractivity contribution in [1.29, 1.82) is 0 Å². The van der Waals surface area contributed by atoms with Crippen molar-refractivity contribution in [2.75, 3.05) is 24.3 Å². The minimum atomic E-state index is 0.594. The first-order chi connectivity index (χ1) is 8.65. The number of aromatic nitrogens is 4. The molecule has 0 aliphatic rings. The average molecular weight is 244 g/mol. The first-order valence-corrected chi connectivity index (χ1v) is 5.67. The molecule has 6 heteroatoms. The summed E-state index contributed by atoms with van der Waals surface area (Å²) in [7, 11) is 3.81. The maximum Gasteiger partial charge on any atom is 0.226 e. The molecule has 0 bridgehead atoms. The van der Waals surface area contributed by atoms with Crippen LogP contribution in [0.5, 0.6) is 0 Å². The Labute approximate surface area is 106 Å². The third-order valence-electron chi connectivity index (χ3n) is 2.33. The van der Waals surface area contributed by atoms with Gasteiger partial charge in [0.2, 0.25) is 5.95 Å². The van der Waals surface area contributed by atoms with Crippen LogP contribution in [0.15, 0.2) is 24.7 Å². The minimum Gasteiger partial charge on any atom is -0.364 e. The predicted octanol–water partition coefficient (Wildman–Crippen LogP) is 1.25. The molecule has 94 valence electrons. The van der Waals surface area contributed by atoms with Gasteiger partial charge in [-0.1, -0.05) is 0 Å². The number of rotatable bonds is 4. The first-order valence-electron chi connectivity index (χ1n) is 5.67. The summed E-state index contributed by atoms with van der Waals surface area (Å²) in [6.45, 7) is 2.51. The summed E-state index contributed by atoms with van der Waals surface area (Å²) in [5.74, 6) is 1.45. The van der Waals surface area contributed by atoms with E-state index in [2.05, 4.69) is 25.3 Å². The Hall–Kier alpha value is -2.24. The molecule has 2 rings (SSSR count). The maximum absolute atomic E-state index is 4.36. The van der Waals surface area contributed by atoms with E-state index < -0.39 is 0 Å². The molecule has 2 aromatic heterocycles. The number of nitrogens with zero attached hydrogens (tertiary/aromatic N) is 5. The molecule has 0 aromatic carbocycles. The van der Waals surface area contributed by atoms with Gasteiger partial charge in [0, 0.05) is 26.5 Å². The van der Waals surface area contributed by atoms with Crippen LogP contribution in [-0.2, 0) is 6.54 Å². The highest BCUT2D eigenvalue weighted by atomic mass is 15.2. The molecule has 1 N–H and O–H groups in total. The second-order valence-corrected chi connectivity index (χ2v) is 4.14. The number of hydrogen-bond donors (Lipinski definition) is 1. The average Bonchev–Trinajstić information content (AvgIpc) is 2.38. The lowest BCUT2D eigenvalue weighted by molar-refractivity contribution is 0.957. The quantitative estimate of drug-likeness (QED) is 0.873. The van der Waals surface area contributed by atoms with E-state index in [0.717, 1.165) is 17.2 Å². The van der Waals surface area contributed by atoms with Crippen LogP contribution in [0.3, 0.4) is 0 Å². The SMILES string of the molecule is Cc1cnc(CNc2ccnc(N(C)C)n2)cn1. The van der Waals surface area contributed by atoms with Crippen LogP contribution in [-0.4, -0.2) is 34.0 Å². The fourth-order valence-electron chi connectivity index (χ4n) is 1.35. The van der Waals surface area contributed by atoms with Gasteiger partial charge in [-0.25, -0.2) is 4.98 Å². The molecule has 0 amide bonds. The van der Waals surface area contributed by atoms with Gasteiger partial charge in [-0.05, 0) is 13.0 Å². The van der Waals surface area contributed by atoms with Gasteiger partial charge in [-0.2, -0.15) is 4.98 Å². The lowest BCUT2D eigenvalue weighted by atomic mass is 10.4. The monoisotopic (exact) mass is 244 g/mol. The Kier molecular flexibility index (Phi) is 3.66. The highest BCUT2D eigenvalue weighted by Crippen LogP contribution is 2.08. The lowest BCUT2D eigenvalue weighted by Crippen LogP contribution is -2.13. The van der Waals surface area contributed by atoms with Crippen molar-refractivity contribution < 1.29 is 0 Å². The van der Waals surface area contributed by atoms with Gasteiger partial charge in [0.15, 0.2) is 0 Å². The molecule has 0 atom stereocenters. The van der Waals surface area contributed by atoms with Crippen LogP contribution in [0.4, 0.5) is 11.8 Å². The van der Waals surface area contributed by atoms with Crippen molar-refractivity contribution in [3.8, 4) is 0 Å². The van der Waals surface area contributed by atoms with Crippen LogP contribution in [0, 0.1) is 6.92 Å². The van der Waals surface area contributed by atoms with Crippen molar-refractivity contribution in [3.05, 3.63) is 36.0 Å². The molecule has 2 heterocycles. The van der Waals surface area contributed by atoms with E-state index in [1.807, 2.05) is 32.0 Å². The van der Waals surface area contributed by atoms with E-state index in [0.29, 0.717) is 12.5 Å². The fourth-order valence-corrected chi connectivity index (χ4v) is 1.35. The predicted molar refractivity (Wildman–Crippen MR) is 70.5 cm³/mol. The van der Waals surface area contributed by atoms with E-state index in [9.17, 15) is 0 Å². The third kappa shape index (κ3) is 3.13. The number of nitrogens with one attached hydrogen (secondary N) is 1. The second kappa shape index (κ2) is 5.39. The number of aryl methyl sites for hydroxylation is 1. The van der Waals surface area contributed by atoms with E-state index in [4.69, 9.17) is 0 Å². The summed E-state index contributed by atoms with van der Waals surface area (Å²) in [5, 5.41) is 3.20. The zero-order valence-corrected chi connectivity index (χ0v) is 10.8. The standard InChI is InChI=1S/C12H16N6/c1-9-6-15-10(7-14-9)8-16-11-4-5-13-12(17-11)18(2)3/h4-7H,8H2,1-3H3,(H,13,16,17). The Morgan fingerprint density at radius 1 is 1.17 bits per heavy atom. The van der Waals surface area contributed by atoms with Gasteiger partial charge < -0.3 is 10.2 Å². The molecule has 0 aliphatic heterocycles. The summed E-state index contributed by atoms with van der Waals surface area (Å²) >= 11 is 0. The molecule has 6 nitrogen and oxygen atoms in total. The lowest BCUT2D eigenvalue weighted by Gasteiger charge is -2.11. The van der Waals surface area contributed by atoms with Crippen LogP contribution < -0.4 is 10.2 Å². The molecule has 0 saturated carbocycles. The van der Waals surface area contributed by atoms with Crippen LogP contribution in [0.25, 0.3) is 0 Å². The van der Waals surface area contributed by atoms with Crippen LogP contribution in [0.2, 0.25) is 0 Å². The fraction of sp³-hybridized carbons (Fsp3) is 0.333. The molecule has 18 heavy (non-hydrogen) atoms. The smallest absolute Gasteiger partial charge is 0.226 e. The summed E-state index contributed by atoms with van der Waals surface area (Å²) in [6.07, 6.45) is 5.24. The van der Waals surface area contributed by atoms with Crippen LogP contribution >= 0.6 is 0 Å². The van der Waals surface area contributed by atoms with E-state index in [-0.39, 0.29) is 0 Å². The second-order valence-electron chi connectivity index (χ2n) is 4.14. The number of hydrogen-bond acceptors (Lipinski definition) is 6. The van der Waals surface area contributed by atoms with Crippen molar-refractivity contribution in [3.63, 3.8) is 0 Å². The molecule has 0 aliphatic carbocycles. The molecule has 0 spiro atoms. The normalized spacial score (nSPS) is 10.2. The molecular formula is C12H16N6. The van der Waals surface area contributed by atoms with Crippen LogP contribution in [0.1, 0.15) is 11.4 Å².